The number of benzene rings is 1. The Bertz CT molecular complexity index is 412. The van der Waals surface area contributed by atoms with E-state index < -0.39 is 17.7 Å². The van der Waals surface area contributed by atoms with Crippen molar-refractivity contribution in [3.8, 4) is 12.3 Å². The molecule has 0 atom stereocenters. The Labute approximate surface area is 85.5 Å². The molecule has 1 aromatic rings. The molecule has 78 valence electrons. The molecule has 0 bridgehead atoms. The molecular formula is C10H8F2N2O. The van der Waals surface area contributed by atoms with Crippen molar-refractivity contribution in [3.05, 3.63) is 29.8 Å². The molecule has 0 aliphatic heterocycles. The van der Waals surface area contributed by atoms with Gasteiger partial charge in [0.1, 0.15) is 11.6 Å². The molecule has 0 fully saturated rings. The van der Waals surface area contributed by atoms with Gasteiger partial charge in [-0.2, -0.15) is 0 Å². The summed E-state index contributed by atoms with van der Waals surface area (Å²) in [5.41, 5.74) is -0.232. The number of terminal acetylenes is 1. The lowest BCUT2D eigenvalue weighted by molar-refractivity contribution is 0.253. The van der Waals surface area contributed by atoms with E-state index >= 15 is 0 Å². The van der Waals surface area contributed by atoms with Crippen LogP contribution >= 0.6 is 0 Å². The van der Waals surface area contributed by atoms with Crippen molar-refractivity contribution in [1.29, 1.82) is 0 Å². The van der Waals surface area contributed by atoms with E-state index in [1.165, 1.54) is 0 Å². The van der Waals surface area contributed by atoms with Crippen LogP contribution in [0.25, 0.3) is 0 Å². The van der Waals surface area contributed by atoms with Crippen LogP contribution in [0.3, 0.4) is 0 Å². The fraction of sp³-hybridized carbons (Fsp3) is 0.100. The topological polar surface area (TPSA) is 41.1 Å². The first-order valence-electron chi connectivity index (χ1n) is 4.07. The average Bonchev–Trinajstić information content (AvgIpc) is 2.20. The Balaban J connectivity index is 2.68. The maximum absolute atomic E-state index is 13.0. The minimum Gasteiger partial charge on any atom is -0.327 e. The molecule has 5 heteroatoms. The van der Waals surface area contributed by atoms with Gasteiger partial charge in [-0.05, 0) is 12.1 Å². The second-order valence-corrected chi connectivity index (χ2v) is 2.64. The highest BCUT2D eigenvalue weighted by atomic mass is 19.1. The predicted molar refractivity (Wildman–Crippen MR) is 52.2 cm³/mol. The zero-order valence-electron chi connectivity index (χ0n) is 7.68. The van der Waals surface area contributed by atoms with Gasteiger partial charge in [0.25, 0.3) is 0 Å². The molecule has 1 aromatic carbocycles. The van der Waals surface area contributed by atoms with E-state index in [-0.39, 0.29) is 12.2 Å². The van der Waals surface area contributed by atoms with E-state index in [1.807, 2.05) is 0 Å². The van der Waals surface area contributed by atoms with Gasteiger partial charge >= 0.3 is 6.03 Å². The monoisotopic (exact) mass is 210 g/mol. The molecule has 0 heterocycles. The zero-order chi connectivity index (χ0) is 11.3. The van der Waals surface area contributed by atoms with Crippen LogP contribution < -0.4 is 10.6 Å². The summed E-state index contributed by atoms with van der Waals surface area (Å²) in [6, 6.07) is 2.08. The molecule has 0 radical (unpaired) electrons. The van der Waals surface area contributed by atoms with Crippen molar-refractivity contribution in [1.82, 2.24) is 5.32 Å². The number of carbonyl (C=O) groups is 1. The minimum absolute atomic E-state index is 0.0166. The van der Waals surface area contributed by atoms with Gasteiger partial charge in [0.15, 0.2) is 0 Å². The summed E-state index contributed by atoms with van der Waals surface area (Å²) in [4.78, 5) is 11.0. The summed E-state index contributed by atoms with van der Waals surface area (Å²) in [6.07, 6.45) is 4.90. The van der Waals surface area contributed by atoms with Gasteiger partial charge < -0.3 is 10.6 Å². The van der Waals surface area contributed by atoms with Crippen LogP contribution in [0.5, 0.6) is 0 Å². The molecule has 2 N–H and O–H groups in total. The first kappa shape index (κ1) is 11.0. The van der Waals surface area contributed by atoms with Gasteiger partial charge in [-0.15, -0.1) is 6.42 Å². The van der Waals surface area contributed by atoms with Crippen LogP contribution in [0.2, 0.25) is 0 Å². The molecular weight excluding hydrogens is 202 g/mol. The quantitative estimate of drug-likeness (QED) is 0.717. The Morgan fingerprint density at radius 1 is 1.47 bits per heavy atom. The third-order valence-corrected chi connectivity index (χ3v) is 1.53. The van der Waals surface area contributed by atoms with Crippen LogP contribution in [0, 0.1) is 24.0 Å². The predicted octanol–water partition coefficient (Wildman–Crippen LogP) is 1.72. The lowest BCUT2D eigenvalue weighted by atomic mass is 10.3. The third kappa shape index (κ3) is 3.27. The highest BCUT2D eigenvalue weighted by Gasteiger charge is 2.06. The Morgan fingerprint density at radius 3 is 2.87 bits per heavy atom. The summed E-state index contributed by atoms with van der Waals surface area (Å²) >= 11 is 0. The Morgan fingerprint density at radius 2 is 2.20 bits per heavy atom. The highest BCUT2D eigenvalue weighted by Crippen LogP contribution is 2.14. The van der Waals surface area contributed by atoms with E-state index in [1.54, 1.807) is 0 Å². The number of halogens is 2. The molecule has 0 saturated heterocycles. The maximum Gasteiger partial charge on any atom is 0.320 e. The summed E-state index contributed by atoms with van der Waals surface area (Å²) in [5.74, 6) is 0.820. The van der Waals surface area contributed by atoms with Crippen LogP contribution in [0.1, 0.15) is 0 Å². The lowest BCUT2D eigenvalue weighted by Crippen LogP contribution is -2.29. The minimum atomic E-state index is -0.716. The number of hydrogen-bond acceptors (Lipinski definition) is 1. The van der Waals surface area contributed by atoms with Gasteiger partial charge in [-0.3, -0.25) is 0 Å². The Hall–Kier alpha value is -2.09. The molecule has 0 spiro atoms. The molecule has 2 amide bonds. The first-order valence-corrected chi connectivity index (χ1v) is 4.07. The highest BCUT2D eigenvalue weighted by molar-refractivity contribution is 5.89. The van der Waals surface area contributed by atoms with Crippen molar-refractivity contribution in [2.24, 2.45) is 0 Å². The zero-order valence-corrected chi connectivity index (χ0v) is 7.68. The fourth-order valence-electron chi connectivity index (χ4n) is 0.891. The van der Waals surface area contributed by atoms with Gasteiger partial charge in [0.05, 0.1) is 12.2 Å². The van der Waals surface area contributed by atoms with Gasteiger partial charge in [-0.25, -0.2) is 13.6 Å². The molecule has 0 unspecified atom stereocenters. The normalized spacial score (nSPS) is 9.13. The first-order chi connectivity index (χ1) is 7.13. The summed E-state index contributed by atoms with van der Waals surface area (Å²) in [5, 5.41) is 4.38. The van der Waals surface area contributed by atoms with E-state index in [4.69, 9.17) is 6.42 Å². The number of carbonyl (C=O) groups excluding carboxylic acids is 1. The smallest absolute Gasteiger partial charge is 0.320 e. The van der Waals surface area contributed by atoms with E-state index in [0.29, 0.717) is 0 Å². The second-order valence-electron chi connectivity index (χ2n) is 2.64. The van der Waals surface area contributed by atoms with E-state index in [9.17, 15) is 13.6 Å². The average molecular weight is 210 g/mol. The summed E-state index contributed by atoms with van der Waals surface area (Å²) in [6.45, 7) is 0.0166. The fourth-order valence-corrected chi connectivity index (χ4v) is 0.891. The lowest BCUT2D eigenvalue weighted by Gasteiger charge is -2.06. The number of anilines is 1. The standard InChI is InChI=1S/C10H8F2N2O/c1-2-5-13-10(15)14-9-6-7(11)3-4-8(9)12/h1,3-4,6H,5H2,(H2,13,14,15). The van der Waals surface area contributed by atoms with Gasteiger partial charge in [0, 0.05) is 6.07 Å². The second kappa shape index (κ2) is 4.96. The van der Waals surface area contributed by atoms with Crippen molar-refractivity contribution < 1.29 is 13.6 Å². The maximum atomic E-state index is 13.0. The molecule has 1 rings (SSSR count). The molecule has 0 saturated carbocycles. The van der Waals surface area contributed by atoms with Crippen LogP contribution in [-0.2, 0) is 0 Å². The van der Waals surface area contributed by atoms with E-state index in [0.717, 1.165) is 18.2 Å². The largest absolute Gasteiger partial charge is 0.327 e. The van der Waals surface area contributed by atoms with Crippen LogP contribution in [0.15, 0.2) is 18.2 Å². The molecule has 0 aliphatic rings. The Kier molecular flexibility index (Phi) is 3.63. The SMILES string of the molecule is C#CCNC(=O)Nc1cc(F)ccc1F. The van der Waals surface area contributed by atoms with Gasteiger partial charge in [0.2, 0.25) is 0 Å². The van der Waals surface area contributed by atoms with Crippen LogP contribution in [-0.4, -0.2) is 12.6 Å². The van der Waals surface area contributed by atoms with Crippen molar-refractivity contribution in [3.63, 3.8) is 0 Å². The molecule has 3 nitrogen and oxygen atoms in total. The van der Waals surface area contributed by atoms with Crippen molar-refractivity contribution in [2.45, 2.75) is 0 Å². The van der Waals surface area contributed by atoms with Crippen molar-refractivity contribution in [2.75, 3.05) is 11.9 Å². The van der Waals surface area contributed by atoms with Crippen LogP contribution in [0.4, 0.5) is 19.3 Å². The number of nitrogens with one attached hydrogen (secondary N) is 2. The molecule has 0 aliphatic carbocycles. The molecule has 0 aromatic heterocycles. The van der Waals surface area contributed by atoms with E-state index in [2.05, 4.69) is 16.6 Å². The molecule has 15 heavy (non-hydrogen) atoms. The third-order valence-electron chi connectivity index (χ3n) is 1.53. The summed E-state index contributed by atoms with van der Waals surface area (Å²) in [7, 11) is 0. The number of rotatable bonds is 2. The number of urea groups is 1. The number of hydrogen-bond donors (Lipinski definition) is 2. The van der Waals surface area contributed by atoms with Crippen molar-refractivity contribution >= 4 is 11.7 Å². The number of amides is 2. The van der Waals surface area contributed by atoms with Gasteiger partial charge in [-0.1, -0.05) is 5.92 Å². The summed E-state index contributed by atoms with van der Waals surface area (Å²) < 4.78 is 25.7.